The fourth-order valence-electron chi connectivity index (χ4n) is 5.29. The lowest BCUT2D eigenvalue weighted by Gasteiger charge is -2.42. The largest absolute Gasteiger partial charge is 0.419 e. The molecule has 0 aromatic heterocycles. The van der Waals surface area contributed by atoms with E-state index < -0.39 is 29.6 Å². The third-order valence-corrected chi connectivity index (χ3v) is 6.95. The Bertz CT molecular complexity index is 1040. The normalized spacial score (nSPS) is 19.7. The quantitative estimate of drug-likeness (QED) is 0.440. The van der Waals surface area contributed by atoms with Crippen LogP contribution in [0.25, 0.3) is 0 Å². The molecule has 3 N–H and O–H groups in total. The van der Waals surface area contributed by atoms with E-state index in [-0.39, 0.29) is 17.9 Å². The van der Waals surface area contributed by atoms with Crippen molar-refractivity contribution >= 4 is 17.8 Å². The molecule has 0 saturated carbocycles. The highest BCUT2D eigenvalue weighted by Crippen LogP contribution is 2.42. The van der Waals surface area contributed by atoms with Crippen LogP contribution in [-0.2, 0) is 20.7 Å². The number of likely N-dealkylation sites (tertiary alicyclic amines) is 1. The molecule has 7 nitrogen and oxygen atoms in total. The van der Waals surface area contributed by atoms with Gasteiger partial charge in [-0.05, 0) is 42.7 Å². The first-order valence-electron chi connectivity index (χ1n) is 12.8. The van der Waals surface area contributed by atoms with Crippen LogP contribution in [0.3, 0.4) is 0 Å². The smallest absolute Gasteiger partial charge is 0.406 e. The maximum Gasteiger partial charge on any atom is 0.406 e. The molecular weight excluding hydrogens is 454 g/mol. The van der Waals surface area contributed by atoms with Gasteiger partial charge in [0.25, 0.3) is 11.7 Å². The number of ether oxygens (including phenoxy) is 1. The van der Waals surface area contributed by atoms with E-state index in [2.05, 4.69) is 19.2 Å². The standard InChI is InChI=1S/C29H39N3O4/c1-5-6-17-29(36-27(30)35,25(33)26(34)31-21(2)23-15-11-8-12-16-23)32-20-28(3,4)19-24(32)18-22-13-9-7-10-14-22/h7-16,21,24H,5-6,17-20H2,1-4H3,(H2,30,35)(H,31,34)/t21-,24+,29?/m1/s1. The highest BCUT2D eigenvalue weighted by molar-refractivity contribution is 6.39. The molecule has 1 aliphatic heterocycles. The zero-order valence-electron chi connectivity index (χ0n) is 21.8. The average Bonchev–Trinajstić information content (AvgIpc) is 3.16. The predicted molar refractivity (Wildman–Crippen MR) is 140 cm³/mol. The van der Waals surface area contributed by atoms with Crippen LogP contribution in [0, 0.1) is 5.41 Å². The summed E-state index contributed by atoms with van der Waals surface area (Å²) in [6, 6.07) is 18.9. The molecule has 7 heteroatoms. The van der Waals surface area contributed by atoms with E-state index in [0.29, 0.717) is 19.4 Å². The number of amides is 2. The van der Waals surface area contributed by atoms with Crippen LogP contribution in [0.5, 0.6) is 0 Å². The number of ketones is 1. The molecule has 1 unspecified atom stereocenters. The Morgan fingerprint density at radius 3 is 2.31 bits per heavy atom. The number of Topliss-reactive ketones (excluding diaryl/α,β-unsaturated/α-hetero) is 1. The molecule has 36 heavy (non-hydrogen) atoms. The minimum atomic E-state index is -1.77. The van der Waals surface area contributed by atoms with Crippen molar-refractivity contribution in [2.75, 3.05) is 6.54 Å². The first-order chi connectivity index (χ1) is 17.1. The summed E-state index contributed by atoms with van der Waals surface area (Å²) in [5.41, 5.74) is 5.61. The van der Waals surface area contributed by atoms with Crippen LogP contribution in [0.1, 0.15) is 70.5 Å². The molecule has 1 heterocycles. The summed E-state index contributed by atoms with van der Waals surface area (Å²) in [6.45, 7) is 8.56. The van der Waals surface area contributed by atoms with Crippen molar-refractivity contribution in [2.45, 2.75) is 77.6 Å². The molecule has 2 amide bonds. The monoisotopic (exact) mass is 493 g/mol. The average molecular weight is 494 g/mol. The van der Waals surface area contributed by atoms with E-state index in [9.17, 15) is 14.4 Å². The topological polar surface area (TPSA) is 102 Å². The Morgan fingerprint density at radius 2 is 1.72 bits per heavy atom. The van der Waals surface area contributed by atoms with Crippen LogP contribution < -0.4 is 11.1 Å². The molecule has 2 aromatic carbocycles. The number of carbonyl (C=O) groups excluding carboxylic acids is 3. The molecule has 0 radical (unpaired) electrons. The Morgan fingerprint density at radius 1 is 1.11 bits per heavy atom. The van der Waals surface area contributed by atoms with E-state index in [1.54, 1.807) is 0 Å². The summed E-state index contributed by atoms with van der Waals surface area (Å²) < 4.78 is 5.71. The van der Waals surface area contributed by atoms with Gasteiger partial charge in [-0.15, -0.1) is 0 Å². The van der Waals surface area contributed by atoms with Crippen molar-refractivity contribution < 1.29 is 19.1 Å². The van der Waals surface area contributed by atoms with Gasteiger partial charge in [0, 0.05) is 19.0 Å². The number of hydrogen-bond acceptors (Lipinski definition) is 5. The Labute approximate surface area is 214 Å². The van der Waals surface area contributed by atoms with Gasteiger partial charge in [-0.1, -0.05) is 87.9 Å². The summed E-state index contributed by atoms with van der Waals surface area (Å²) in [7, 11) is 0. The number of hydrogen-bond donors (Lipinski definition) is 2. The number of primary amides is 1. The van der Waals surface area contributed by atoms with Crippen molar-refractivity contribution in [1.29, 1.82) is 0 Å². The third-order valence-electron chi connectivity index (χ3n) is 6.95. The number of rotatable bonds is 11. The summed E-state index contributed by atoms with van der Waals surface area (Å²) in [6.07, 6.45) is 1.93. The Balaban J connectivity index is 1.98. The van der Waals surface area contributed by atoms with Crippen molar-refractivity contribution in [3.05, 3.63) is 71.8 Å². The molecule has 194 valence electrons. The molecule has 1 fully saturated rings. The van der Waals surface area contributed by atoms with Gasteiger partial charge in [0.15, 0.2) is 0 Å². The number of nitrogens with one attached hydrogen (secondary N) is 1. The van der Waals surface area contributed by atoms with Crippen LogP contribution >= 0.6 is 0 Å². The van der Waals surface area contributed by atoms with Crippen molar-refractivity contribution in [2.24, 2.45) is 11.1 Å². The van der Waals surface area contributed by atoms with E-state index >= 15 is 0 Å². The lowest BCUT2D eigenvalue weighted by Crippen LogP contribution is -2.63. The first-order valence-corrected chi connectivity index (χ1v) is 12.8. The van der Waals surface area contributed by atoms with Gasteiger partial charge in [-0.2, -0.15) is 0 Å². The highest BCUT2D eigenvalue weighted by atomic mass is 16.6. The predicted octanol–water partition coefficient (Wildman–Crippen LogP) is 4.76. The molecule has 1 aliphatic rings. The second kappa shape index (κ2) is 11.7. The molecule has 0 aliphatic carbocycles. The molecule has 0 spiro atoms. The molecule has 2 aromatic rings. The van der Waals surface area contributed by atoms with E-state index in [0.717, 1.165) is 24.0 Å². The van der Waals surface area contributed by atoms with E-state index in [1.165, 1.54) is 0 Å². The number of nitrogens with zero attached hydrogens (tertiary/aromatic N) is 1. The highest BCUT2D eigenvalue weighted by Gasteiger charge is 2.56. The van der Waals surface area contributed by atoms with Crippen molar-refractivity contribution in [1.82, 2.24) is 10.2 Å². The summed E-state index contributed by atoms with van der Waals surface area (Å²) in [5, 5.41) is 2.81. The first kappa shape index (κ1) is 27.4. The van der Waals surface area contributed by atoms with Gasteiger partial charge in [0.2, 0.25) is 5.72 Å². The van der Waals surface area contributed by atoms with E-state index in [1.807, 2.05) is 79.4 Å². The summed E-state index contributed by atoms with van der Waals surface area (Å²) >= 11 is 0. The van der Waals surface area contributed by atoms with Crippen LogP contribution in [0.15, 0.2) is 60.7 Å². The Hall–Kier alpha value is -3.19. The third kappa shape index (κ3) is 6.52. The lowest BCUT2D eigenvalue weighted by molar-refractivity contribution is -0.171. The zero-order chi connectivity index (χ0) is 26.3. The van der Waals surface area contributed by atoms with Crippen molar-refractivity contribution in [3.8, 4) is 0 Å². The van der Waals surface area contributed by atoms with E-state index in [4.69, 9.17) is 10.5 Å². The minimum absolute atomic E-state index is 0.109. The van der Waals surface area contributed by atoms with Gasteiger partial charge in [-0.25, -0.2) is 4.79 Å². The molecule has 1 saturated heterocycles. The fraction of sp³-hybridized carbons (Fsp3) is 0.483. The van der Waals surface area contributed by atoms with Crippen LogP contribution in [0.2, 0.25) is 0 Å². The van der Waals surface area contributed by atoms with Gasteiger partial charge >= 0.3 is 6.09 Å². The summed E-state index contributed by atoms with van der Waals surface area (Å²) in [5.74, 6) is -1.57. The van der Waals surface area contributed by atoms with Gasteiger partial charge in [0.1, 0.15) is 0 Å². The minimum Gasteiger partial charge on any atom is -0.419 e. The molecule has 0 bridgehead atoms. The maximum absolute atomic E-state index is 14.0. The Kier molecular flexibility index (Phi) is 8.90. The maximum atomic E-state index is 14.0. The van der Waals surface area contributed by atoms with Gasteiger partial charge in [-0.3, -0.25) is 14.5 Å². The van der Waals surface area contributed by atoms with Crippen LogP contribution in [0.4, 0.5) is 4.79 Å². The van der Waals surface area contributed by atoms with Crippen molar-refractivity contribution in [3.63, 3.8) is 0 Å². The lowest BCUT2D eigenvalue weighted by atomic mass is 9.89. The van der Waals surface area contributed by atoms with Crippen LogP contribution in [-0.4, -0.2) is 41.0 Å². The number of nitrogens with two attached hydrogens (primary N) is 1. The number of unbranched alkanes of at least 4 members (excludes halogenated alkanes) is 1. The second-order valence-corrected chi connectivity index (χ2v) is 10.6. The summed E-state index contributed by atoms with van der Waals surface area (Å²) in [4.78, 5) is 41.5. The number of benzene rings is 2. The zero-order valence-corrected chi connectivity index (χ0v) is 21.8. The van der Waals surface area contributed by atoms with Gasteiger partial charge < -0.3 is 15.8 Å². The number of carbonyl (C=O) groups is 3. The molecular formula is C29H39N3O4. The fourth-order valence-corrected chi connectivity index (χ4v) is 5.29. The SMILES string of the molecule is CCCCC(OC(N)=O)(C(=O)C(=O)N[C@H](C)c1ccccc1)N1CC(C)(C)C[C@@H]1Cc1ccccc1. The molecule has 3 atom stereocenters. The molecule has 3 rings (SSSR count). The van der Waals surface area contributed by atoms with Gasteiger partial charge in [0.05, 0.1) is 6.04 Å². The second-order valence-electron chi connectivity index (χ2n) is 10.6.